The summed E-state index contributed by atoms with van der Waals surface area (Å²) in [6.45, 7) is 1.92. The average molecular weight is 374 g/mol. The number of aryl methyl sites for hydroxylation is 1. The standard InChI is InChI=1S/C13H12FIN2O2/c1-8-12(15)13(18)17(7-16-8)6-9-3-4-10(19-2)5-11(9)14/h3-5,7H,6H2,1-2H3. The van der Waals surface area contributed by atoms with Crippen LogP contribution in [0.15, 0.2) is 29.3 Å². The average Bonchev–Trinajstić information content (AvgIpc) is 2.41. The molecule has 2 rings (SSSR count). The van der Waals surface area contributed by atoms with Gasteiger partial charge >= 0.3 is 0 Å². The highest BCUT2D eigenvalue weighted by Crippen LogP contribution is 2.16. The van der Waals surface area contributed by atoms with E-state index in [0.717, 1.165) is 0 Å². The fourth-order valence-corrected chi connectivity index (χ4v) is 2.07. The van der Waals surface area contributed by atoms with E-state index in [1.165, 1.54) is 24.1 Å². The molecule has 6 heteroatoms. The van der Waals surface area contributed by atoms with Gasteiger partial charge in [0, 0.05) is 11.6 Å². The van der Waals surface area contributed by atoms with Crippen LogP contribution in [0.3, 0.4) is 0 Å². The molecule has 2 aromatic rings. The summed E-state index contributed by atoms with van der Waals surface area (Å²) in [5.74, 6) is 0.0482. The Morgan fingerprint density at radius 1 is 1.47 bits per heavy atom. The molecule has 0 fully saturated rings. The topological polar surface area (TPSA) is 44.1 Å². The zero-order valence-electron chi connectivity index (χ0n) is 10.5. The second-order valence-electron chi connectivity index (χ2n) is 4.03. The Hall–Kier alpha value is -1.44. The number of nitrogens with zero attached hydrogens (tertiary/aromatic N) is 2. The number of halogens is 2. The summed E-state index contributed by atoms with van der Waals surface area (Å²) >= 11 is 1.95. The number of benzene rings is 1. The van der Waals surface area contributed by atoms with E-state index in [-0.39, 0.29) is 12.1 Å². The van der Waals surface area contributed by atoms with Gasteiger partial charge in [0.1, 0.15) is 11.6 Å². The maximum absolute atomic E-state index is 13.8. The maximum Gasteiger partial charge on any atom is 0.267 e. The van der Waals surface area contributed by atoms with Crippen LogP contribution in [0.4, 0.5) is 4.39 Å². The molecule has 4 nitrogen and oxygen atoms in total. The van der Waals surface area contributed by atoms with Gasteiger partial charge in [-0.15, -0.1) is 0 Å². The number of methoxy groups -OCH3 is 1. The zero-order valence-corrected chi connectivity index (χ0v) is 12.6. The number of aromatic nitrogens is 2. The van der Waals surface area contributed by atoms with Crippen LogP contribution in [0.1, 0.15) is 11.3 Å². The van der Waals surface area contributed by atoms with Crippen LogP contribution in [0.25, 0.3) is 0 Å². The zero-order chi connectivity index (χ0) is 14.0. The fourth-order valence-electron chi connectivity index (χ4n) is 1.63. The maximum atomic E-state index is 13.8. The minimum Gasteiger partial charge on any atom is -0.497 e. The molecular formula is C13H12FIN2O2. The molecule has 0 bridgehead atoms. The summed E-state index contributed by atoms with van der Waals surface area (Å²) < 4.78 is 20.7. The van der Waals surface area contributed by atoms with Gasteiger partial charge in [-0.2, -0.15) is 0 Å². The molecule has 0 saturated heterocycles. The summed E-state index contributed by atoms with van der Waals surface area (Å²) in [7, 11) is 1.48. The van der Waals surface area contributed by atoms with Gasteiger partial charge in [0.05, 0.1) is 29.2 Å². The second-order valence-corrected chi connectivity index (χ2v) is 5.11. The van der Waals surface area contributed by atoms with Gasteiger partial charge in [-0.05, 0) is 35.6 Å². The van der Waals surface area contributed by atoms with E-state index in [1.54, 1.807) is 19.1 Å². The third-order valence-electron chi connectivity index (χ3n) is 2.76. The molecule has 100 valence electrons. The molecule has 0 N–H and O–H groups in total. The molecule has 1 heterocycles. The first-order valence-corrected chi connectivity index (χ1v) is 6.64. The van der Waals surface area contributed by atoms with Crippen molar-refractivity contribution >= 4 is 22.6 Å². The normalized spacial score (nSPS) is 10.5. The lowest BCUT2D eigenvalue weighted by molar-refractivity contribution is 0.410. The van der Waals surface area contributed by atoms with E-state index in [0.29, 0.717) is 20.6 Å². The molecule has 0 radical (unpaired) electrons. The summed E-state index contributed by atoms with van der Waals surface area (Å²) in [6, 6.07) is 4.57. The van der Waals surface area contributed by atoms with E-state index < -0.39 is 5.82 Å². The molecule has 1 aromatic carbocycles. The van der Waals surface area contributed by atoms with Crippen LogP contribution in [0, 0.1) is 16.3 Å². The molecule has 0 atom stereocenters. The van der Waals surface area contributed by atoms with Crippen LogP contribution < -0.4 is 10.3 Å². The molecule has 1 aromatic heterocycles. The van der Waals surface area contributed by atoms with Gasteiger partial charge in [0.15, 0.2) is 0 Å². The van der Waals surface area contributed by atoms with Crippen molar-refractivity contribution in [2.75, 3.05) is 7.11 Å². The summed E-state index contributed by atoms with van der Waals surface area (Å²) in [6.07, 6.45) is 1.43. The van der Waals surface area contributed by atoms with Gasteiger partial charge in [-0.3, -0.25) is 9.36 Å². The van der Waals surface area contributed by atoms with E-state index in [9.17, 15) is 9.18 Å². The van der Waals surface area contributed by atoms with Crippen LogP contribution in [0.2, 0.25) is 0 Å². The third kappa shape index (κ3) is 2.94. The van der Waals surface area contributed by atoms with Gasteiger partial charge in [0.25, 0.3) is 5.56 Å². The highest BCUT2D eigenvalue weighted by atomic mass is 127. The fraction of sp³-hybridized carbons (Fsp3) is 0.231. The number of hydrogen-bond acceptors (Lipinski definition) is 3. The highest BCUT2D eigenvalue weighted by Gasteiger charge is 2.09. The summed E-state index contributed by atoms with van der Waals surface area (Å²) in [5, 5.41) is 0. The molecule has 0 aliphatic heterocycles. The Kier molecular flexibility index (Phi) is 4.18. The minimum atomic E-state index is -0.401. The van der Waals surface area contributed by atoms with Crippen molar-refractivity contribution in [3.8, 4) is 5.75 Å². The molecule has 0 aliphatic carbocycles. The Morgan fingerprint density at radius 3 is 2.84 bits per heavy atom. The Bertz CT molecular complexity index is 670. The molecular weight excluding hydrogens is 362 g/mol. The lowest BCUT2D eigenvalue weighted by atomic mass is 10.2. The molecule has 0 spiro atoms. The van der Waals surface area contributed by atoms with Crippen molar-refractivity contribution in [1.29, 1.82) is 0 Å². The third-order valence-corrected chi connectivity index (χ3v) is 4.00. The smallest absolute Gasteiger partial charge is 0.267 e. The summed E-state index contributed by atoms with van der Waals surface area (Å²) in [4.78, 5) is 16.1. The van der Waals surface area contributed by atoms with Crippen molar-refractivity contribution in [1.82, 2.24) is 9.55 Å². The SMILES string of the molecule is COc1ccc(Cn2cnc(C)c(I)c2=O)c(F)c1. The Balaban J connectivity index is 2.37. The van der Waals surface area contributed by atoms with Crippen LogP contribution >= 0.6 is 22.6 Å². The molecule has 0 saturated carbocycles. The first-order valence-electron chi connectivity index (χ1n) is 5.57. The van der Waals surface area contributed by atoms with Crippen molar-refractivity contribution in [3.63, 3.8) is 0 Å². The number of ether oxygens (including phenoxy) is 1. The predicted octanol–water partition coefficient (Wildman–Crippen LogP) is 2.35. The summed E-state index contributed by atoms with van der Waals surface area (Å²) in [5.41, 5.74) is 0.935. The number of rotatable bonds is 3. The lowest BCUT2D eigenvalue weighted by Gasteiger charge is -2.09. The molecule has 0 unspecified atom stereocenters. The van der Waals surface area contributed by atoms with E-state index in [2.05, 4.69) is 4.98 Å². The first kappa shape index (κ1) is 14.0. The van der Waals surface area contributed by atoms with Crippen molar-refractivity contribution in [2.45, 2.75) is 13.5 Å². The van der Waals surface area contributed by atoms with Gasteiger partial charge in [-0.1, -0.05) is 6.07 Å². The quantitative estimate of drug-likeness (QED) is 0.775. The Labute approximate surface area is 123 Å². The van der Waals surface area contributed by atoms with Crippen LogP contribution in [-0.2, 0) is 6.54 Å². The first-order chi connectivity index (χ1) is 9.02. The predicted molar refractivity (Wildman–Crippen MR) is 78.0 cm³/mol. The van der Waals surface area contributed by atoms with Crippen molar-refractivity contribution in [3.05, 3.63) is 55.5 Å². The second kappa shape index (κ2) is 5.68. The molecule has 19 heavy (non-hydrogen) atoms. The highest BCUT2D eigenvalue weighted by molar-refractivity contribution is 14.1. The Morgan fingerprint density at radius 2 is 2.21 bits per heavy atom. The largest absolute Gasteiger partial charge is 0.497 e. The van der Waals surface area contributed by atoms with Gasteiger partial charge in [-0.25, -0.2) is 9.37 Å². The van der Waals surface area contributed by atoms with Crippen LogP contribution in [-0.4, -0.2) is 16.7 Å². The van der Waals surface area contributed by atoms with Gasteiger partial charge in [0.2, 0.25) is 0 Å². The van der Waals surface area contributed by atoms with Gasteiger partial charge < -0.3 is 4.74 Å². The van der Waals surface area contributed by atoms with Crippen molar-refractivity contribution < 1.29 is 9.13 Å². The van der Waals surface area contributed by atoms with E-state index in [4.69, 9.17) is 4.74 Å². The lowest BCUT2D eigenvalue weighted by Crippen LogP contribution is -2.24. The monoisotopic (exact) mass is 374 g/mol. The molecule has 0 amide bonds. The van der Waals surface area contributed by atoms with Crippen molar-refractivity contribution in [2.24, 2.45) is 0 Å². The van der Waals surface area contributed by atoms with E-state index >= 15 is 0 Å². The molecule has 0 aliphatic rings. The number of hydrogen-bond donors (Lipinski definition) is 0. The van der Waals surface area contributed by atoms with E-state index in [1.807, 2.05) is 22.6 Å². The van der Waals surface area contributed by atoms with Crippen LogP contribution in [0.5, 0.6) is 5.75 Å². The minimum absolute atomic E-state index is 0.151.